The summed E-state index contributed by atoms with van der Waals surface area (Å²) in [5, 5.41) is 3.14. The summed E-state index contributed by atoms with van der Waals surface area (Å²) in [5.74, 6) is 1.67. The Morgan fingerprint density at radius 3 is 2.62 bits per heavy atom. The lowest BCUT2D eigenvalue weighted by Gasteiger charge is -2.36. The lowest BCUT2D eigenvalue weighted by molar-refractivity contribution is 0.0104. The van der Waals surface area contributed by atoms with E-state index in [1.54, 1.807) is 19.1 Å². The van der Waals surface area contributed by atoms with Crippen molar-refractivity contribution >= 4 is 12.1 Å². The number of hydrogen-bond donors (Lipinski definition) is 2. The maximum Gasteiger partial charge on any atom is 0.410 e. The molecule has 0 aliphatic carbocycles. The van der Waals surface area contributed by atoms with E-state index in [0.717, 1.165) is 24.8 Å². The van der Waals surface area contributed by atoms with Crippen LogP contribution in [0, 0.1) is 0 Å². The van der Waals surface area contributed by atoms with E-state index in [1.807, 2.05) is 39.0 Å². The minimum Gasteiger partial charge on any atom is -0.493 e. The average molecular weight is 407 g/mol. The van der Waals surface area contributed by atoms with Crippen molar-refractivity contribution in [2.24, 2.45) is 10.7 Å². The minimum absolute atomic E-state index is 0.0356. The number of carbonyl (C=O) groups excluding carboxylic acids is 1. The molecule has 1 saturated heterocycles. The highest BCUT2D eigenvalue weighted by Crippen LogP contribution is 2.27. The van der Waals surface area contributed by atoms with Crippen molar-refractivity contribution < 1.29 is 19.0 Å². The zero-order valence-electron chi connectivity index (χ0n) is 18.2. The summed E-state index contributed by atoms with van der Waals surface area (Å²) >= 11 is 0. The van der Waals surface area contributed by atoms with Gasteiger partial charge in [0.15, 0.2) is 17.5 Å². The number of hydrogen-bond acceptors (Lipinski definition) is 5. The van der Waals surface area contributed by atoms with Gasteiger partial charge in [-0.3, -0.25) is 0 Å². The Bertz CT molecular complexity index is 715. The van der Waals surface area contributed by atoms with Crippen LogP contribution in [0.15, 0.2) is 23.2 Å². The summed E-state index contributed by atoms with van der Waals surface area (Å²) < 4.78 is 16.1. The number of guanidine groups is 1. The summed E-state index contributed by atoms with van der Waals surface area (Å²) in [6.07, 6.45) is 2.70. The first-order valence-corrected chi connectivity index (χ1v) is 9.98. The maximum absolute atomic E-state index is 12.5. The van der Waals surface area contributed by atoms with Gasteiger partial charge < -0.3 is 30.2 Å². The third kappa shape index (κ3) is 7.03. The molecule has 162 valence electrons. The first kappa shape index (κ1) is 22.6. The van der Waals surface area contributed by atoms with Gasteiger partial charge in [0.1, 0.15) is 5.60 Å². The fraction of sp³-hybridized carbons (Fsp3) is 0.619. The van der Waals surface area contributed by atoms with Gasteiger partial charge in [-0.2, -0.15) is 0 Å². The molecule has 2 rings (SSSR count). The van der Waals surface area contributed by atoms with Crippen LogP contribution in [0.5, 0.6) is 11.5 Å². The number of rotatable bonds is 6. The number of aliphatic imine (C=N–C) groups is 1. The molecule has 1 aliphatic rings. The van der Waals surface area contributed by atoms with Gasteiger partial charge in [-0.05, 0) is 57.7 Å². The second-order valence-electron chi connectivity index (χ2n) is 8.10. The molecular weight excluding hydrogens is 372 g/mol. The molecule has 1 amide bonds. The highest BCUT2D eigenvalue weighted by molar-refractivity contribution is 5.78. The number of piperidine rings is 1. The third-order valence-electron chi connectivity index (χ3n) is 4.65. The molecule has 1 aromatic carbocycles. The predicted molar refractivity (Wildman–Crippen MR) is 113 cm³/mol. The Morgan fingerprint density at radius 2 is 1.97 bits per heavy atom. The smallest absolute Gasteiger partial charge is 0.410 e. The average Bonchev–Trinajstić information content (AvgIpc) is 2.69. The van der Waals surface area contributed by atoms with Crippen LogP contribution in [0.1, 0.15) is 45.6 Å². The van der Waals surface area contributed by atoms with Gasteiger partial charge in [0.05, 0.1) is 26.8 Å². The van der Waals surface area contributed by atoms with Crippen molar-refractivity contribution in [2.75, 3.05) is 27.3 Å². The second kappa shape index (κ2) is 10.2. The highest BCUT2D eigenvalue weighted by atomic mass is 16.6. The molecular formula is C21H34N4O4. The lowest BCUT2D eigenvalue weighted by Crippen LogP contribution is -2.51. The Morgan fingerprint density at radius 1 is 1.24 bits per heavy atom. The fourth-order valence-electron chi connectivity index (χ4n) is 3.21. The van der Waals surface area contributed by atoms with Crippen LogP contribution < -0.4 is 20.5 Å². The van der Waals surface area contributed by atoms with Crippen LogP contribution >= 0.6 is 0 Å². The number of methoxy groups -OCH3 is 2. The van der Waals surface area contributed by atoms with Gasteiger partial charge in [0, 0.05) is 13.1 Å². The van der Waals surface area contributed by atoms with E-state index in [-0.39, 0.29) is 12.1 Å². The zero-order valence-corrected chi connectivity index (χ0v) is 18.2. The fourth-order valence-corrected chi connectivity index (χ4v) is 3.21. The standard InChI is InChI=1S/C21H34N4O4/c1-21(2,3)29-20(26)25-11-7-6-8-16(25)14-24-19(22)23-13-15-9-10-17(27-4)18(12-15)28-5/h9-10,12,16H,6-8,11,13-14H2,1-5H3,(H3,22,23,24). The molecule has 0 bridgehead atoms. The molecule has 0 aromatic heterocycles. The number of nitrogens with two attached hydrogens (primary N) is 1. The van der Waals surface area contributed by atoms with Gasteiger partial charge in [-0.25, -0.2) is 9.79 Å². The third-order valence-corrected chi connectivity index (χ3v) is 4.65. The Balaban J connectivity index is 1.92. The minimum atomic E-state index is -0.508. The molecule has 1 atom stereocenters. The quantitative estimate of drug-likeness (QED) is 0.557. The molecule has 1 aliphatic heterocycles. The molecule has 8 nitrogen and oxygen atoms in total. The van der Waals surface area contributed by atoms with Crippen molar-refractivity contribution in [3.63, 3.8) is 0 Å². The number of nitrogens with zero attached hydrogens (tertiary/aromatic N) is 2. The van der Waals surface area contributed by atoms with Crippen molar-refractivity contribution in [3.05, 3.63) is 23.8 Å². The summed E-state index contributed by atoms with van der Waals surface area (Å²) in [5.41, 5.74) is 6.49. The number of amides is 1. The molecule has 1 unspecified atom stereocenters. The van der Waals surface area contributed by atoms with E-state index in [4.69, 9.17) is 19.9 Å². The summed E-state index contributed by atoms with van der Waals surface area (Å²) in [6.45, 7) is 7.28. The van der Waals surface area contributed by atoms with E-state index in [2.05, 4.69) is 10.3 Å². The first-order chi connectivity index (χ1) is 13.7. The molecule has 1 heterocycles. The highest BCUT2D eigenvalue weighted by Gasteiger charge is 2.30. The van der Waals surface area contributed by atoms with Gasteiger partial charge >= 0.3 is 6.09 Å². The molecule has 0 spiro atoms. The Hall–Kier alpha value is -2.64. The van der Waals surface area contributed by atoms with Crippen molar-refractivity contribution in [1.82, 2.24) is 10.2 Å². The SMILES string of the molecule is COc1ccc(CN=C(N)NCC2CCCCN2C(=O)OC(C)(C)C)cc1OC. The normalized spacial score (nSPS) is 17.6. The molecule has 1 fully saturated rings. The monoisotopic (exact) mass is 406 g/mol. The van der Waals surface area contributed by atoms with E-state index >= 15 is 0 Å². The van der Waals surface area contributed by atoms with Crippen LogP contribution in [0.4, 0.5) is 4.79 Å². The molecule has 3 N–H and O–H groups in total. The van der Waals surface area contributed by atoms with E-state index in [9.17, 15) is 4.79 Å². The van der Waals surface area contributed by atoms with Crippen molar-refractivity contribution in [2.45, 2.75) is 58.2 Å². The topological polar surface area (TPSA) is 98.4 Å². The van der Waals surface area contributed by atoms with Gasteiger partial charge in [-0.15, -0.1) is 0 Å². The maximum atomic E-state index is 12.5. The van der Waals surface area contributed by atoms with E-state index in [1.165, 1.54) is 0 Å². The van der Waals surface area contributed by atoms with Crippen LogP contribution in [0.3, 0.4) is 0 Å². The van der Waals surface area contributed by atoms with Crippen LogP contribution in [0.25, 0.3) is 0 Å². The molecule has 29 heavy (non-hydrogen) atoms. The Labute approximate surface area is 173 Å². The number of likely N-dealkylation sites (tertiary alicyclic amines) is 1. The number of nitrogens with one attached hydrogen (secondary N) is 1. The van der Waals surface area contributed by atoms with Crippen molar-refractivity contribution in [3.8, 4) is 11.5 Å². The number of ether oxygens (including phenoxy) is 3. The van der Waals surface area contributed by atoms with Gasteiger partial charge in [0.25, 0.3) is 0 Å². The molecule has 0 radical (unpaired) electrons. The van der Waals surface area contributed by atoms with Gasteiger partial charge in [-0.1, -0.05) is 6.07 Å². The van der Waals surface area contributed by atoms with E-state index < -0.39 is 5.60 Å². The van der Waals surface area contributed by atoms with Crippen LogP contribution in [-0.2, 0) is 11.3 Å². The first-order valence-electron chi connectivity index (χ1n) is 9.98. The zero-order chi connectivity index (χ0) is 21.4. The molecule has 0 saturated carbocycles. The lowest BCUT2D eigenvalue weighted by atomic mass is 10.0. The predicted octanol–water partition coefficient (Wildman–Crippen LogP) is 2.90. The molecule has 8 heteroatoms. The van der Waals surface area contributed by atoms with Crippen LogP contribution in [-0.4, -0.2) is 55.9 Å². The van der Waals surface area contributed by atoms with Crippen LogP contribution in [0.2, 0.25) is 0 Å². The van der Waals surface area contributed by atoms with Crippen molar-refractivity contribution in [1.29, 1.82) is 0 Å². The number of carbonyl (C=O) groups is 1. The largest absolute Gasteiger partial charge is 0.493 e. The van der Waals surface area contributed by atoms with Gasteiger partial charge in [0.2, 0.25) is 0 Å². The summed E-state index contributed by atoms with van der Waals surface area (Å²) in [7, 11) is 3.20. The molecule has 1 aromatic rings. The summed E-state index contributed by atoms with van der Waals surface area (Å²) in [4.78, 5) is 18.7. The second-order valence-corrected chi connectivity index (χ2v) is 8.10. The Kier molecular flexibility index (Phi) is 7.99. The summed E-state index contributed by atoms with van der Waals surface area (Å²) in [6, 6.07) is 5.67. The number of benzene rings is 1. The van der Waals surface area contributed by atoms with E-state index in [0.29, 0.717) is 37.1 Å².